The summed E-state index contributed by atoms with van der Waals surface area (Å²) in [5, 5.41) is 0. The van der Waals surface area contributed by atoms with Crippen LogP contribution in [0.5, 0.6) is 0 Å². The van der Waals surface area contributed by atoms with E-state index in [2.05, 4.69) is 0 Å². The van der Waals surface area contributed by atoms with Gasteiger partial charge in [-0.15, -0.1) is 11.3 Å². The summed E-state index contributed by atoms with van der Waals surface area (Å²) in [6.07, 6.45) is -3.56. The molecule has 2 nitrogen and oxygen atoms in total. The molecule has 1 rings (SSSR count). The average molecular weight is 238 g/mol. The first-order valence-electron chi connectivity index (χ1n) is 4.57. The Balaban J connectivity index is 2.67. The summed E-state index contributed by atoms with van der Waals surface area (Å²) >= 11 is 1.40. The van der Waals surface area contributed by atoms with Crippen molar-refractivity contribution in [2.75, 3.05) is 0 Å². The second-order valence-electron chi connectivity index (χ2n) is 3.19. The molecule has 1 aromatic heterocycles. The van der Waals surface area contributed by atoms with E-state index in [1.54, 1.807) is 11.5 Å². The Morgan fingerprint density at radius 3 is 2.40 bits per heavy atom. The maximum atomic E-state index is 12.4. The molecule has 1 aromatic rings. The highest BCUT2D eigenvalue weighted by molar-refractivity contribution is 7.11. The van der Waals surface area contributed by atoms with Gasteiger partial charge in [-0.1, -0.05) is 6.92 Å². The second-order valence-corrected chi connectivity index (χ2v) is 4.44. The van der Waals surface area contributed by atoms with Gasteiger partial charge in [0.1, 0.15) is 6.04 Å². The summed E-state index contributed by atoms with van der Waals surface area (Å²) in [6.45, 7) is 1.97. The molecule has 0 saturated carbocycles. The lowest BCUT2D eigenvalue weighted by Gasteiger charge is -2.18. The van der Waals surface area contributed by atoms with Crippen molar-refractivity contribution >= 4 is 11.3 Å². The maximum Gasteiger partial charge on any atom is 0.405 e. The van der Waals surface area contributed by atoms with Crippen molar-refractivity contribution in [1.82, 2.24) is 5.43 Å². The van der Waals surface area contributed by atoms with Crippen LogP contribution in [0.3, 0.4) is 0 Å². The quantitative estimate of drug-likeness (QED) is 0.623. The number of nitrogens with two attached hydrogens (primary N) is 1. The van der Waals surface area contributed by atoms with E-state index in [1.807, 2.05) is 13.0 Å². The van der Waals surface area contributed by atoms with E-state index in [4.69, 9.17) is 5.84 Å². The molecular formula is C9H13F3N2S. The van der Waals surface area contributed by atoms with Crippen molar-refractivity contribution in [2.45, 2.75) is 32.0 Å². The molecule has 0 saturated heterocycles. The van der Waals surface area contributed by atoms with E-state index in [0.717, 1.165) is 11.3 Å². The molecule has 0 amide bonds. The van der Waals surface area contributed by atoms with Crippen LogP contribution in [0.25, 0.3) is 0 Å². The van der Waals surface area contributed by atoms with Crippen molar-refractivity contribution in [3.05, 3.63) is 21.9 Å². The van der Waals surface area contributed by atoms with Crippen molar-refractivity contribution in [3.63, 3.8) is 0 Å². The number of alkyl halides is 3. The van der Waals surface area contributed by atoms with Crippen LogP contribution in [0.1, 0.15) is 16.7 Å². The van der Waals surface area contributed by atoms with Crippen molar-refractivity contribution in [3.8, 4) is 0 Å². The number of hydrogen-bond acceptors (Lipinski definition) is 3. The number of hydrogen-bond donors (Lipinski definition) is 2. The zero-order valence-corrected chi connectivity index (χ0v) is 9.08. The summed E-state index contributed by atoms with van der Waals surface area (Å²) in [5.74, 6) is 4.88. The van der Waals surface area contributed by atoms with E-state index >= 15 is 0 Å². The van der Waals surface area contributed by atoms with Crippen LogP contribution in [0.2, 0.25) is 0 Å². The van der Waals surface area contributed by atoms with Gasteiger partial charge in [0, 0.05) is 16.2 Å². The first-order chi connectivity index (χ1) is 6.97. The molecule has 15 heavy (non-hydrogen) atoms. The van der Waals surface area contributed by atoms with Gasteiger partial charge >= 0.3 is 6.18 Å². The molecule has 0 fully saturated rings. The Labute approximate surface area is 90.3 Å². The molecule has 0 radical (unpaired) electrons. The summed E-state index contributed by atoms with van der Waals surface area (Å²) in [5.41, 5.74) is 1.80. The lowest BCUT2D eigenvalue weighted by molar-refractivity contribution is -0.155. The Hall–Kier alpha value is -0.590. The Morgan fingerprint density at radius 2 is 2.00 bits per heavy atom. The fourth-order valence-electron chi connectivity index (χ4n) is 1.19. The number of halogens is 3. The number of rotatable bonds is 4. The monoisotopic (exact) mass is 238 g/mol. The molecular weight excluding hydrogens is 225 g/mol. The normalized spacial score (nSPS) is 14.2. The Bertz CT molecular complexity index is 309. The molecule has 0 aliphatic rings. The van der Waals surface area contributed by atoms with E-state index < -0.39 is 12.2 Å². The third-order valence-corrected chi connectivity index (χ3v) is 3.32. The molecule has 0 aromatic carbocycles. The van der Waals surface area contributed by atoms with Gasteiger partial charge in [0.2, 0.25) is 0 Å². The summed E-state index contributed by atoms with van der Waals surface area (Å²) in [6, 6.07) is 1.91. The number of thiophene rings is 1. The molecule has 6 heteroatoms. The van der Waals surface area contributed by atoms with Crippen molar-refractivity contribution in [1.29, 1.82) is 0 Å². The van der Waals surface area contributed by atoms with Crippen LogP contribution < -0.4 is 11.3 Å². The van der Waals surface area contributed by atoms with Gasteiger partial charge in [-0.05, 0) is 18.6 Å². The molecule has 3 N–H and O–H groups in total. The SMILES string of the molecule is CCc1ccc(CC(NN)C(F)(F)F)s1. The van der Waals surface area contributed by atoms with E-state index in [-0.39, 0.29) is 6.42 Å². The fourth-order valence-corrected chi connectivity index (χ4v) is 2.20. The average Bonchev–Trinajstić information content (AvgIpc) is 2.59. The molecule has 86 valence electrons. The topological polar surface area (TPSA) is 38.0 Å². The van der Waals surface area contributed by atoms with E-state index in [9.17, 15) is 13.2 Å². The smallest absolute Gasteiger partial charge is 0.271 e. The summed E-state index contributed by atoms with van der Waals surface area (Å²) in [7, 11) is 0. The van der Waals surface area contributed by atoms with E-state index in [0.29, 0.717) is 4.88 Å². The third-order valence-electron chi connectivity index (χ3n) is 2.07. The van der Waals surface area contributed by atoms with E-state index in [1.165, 1.54) is 11.3 Å². The number of hydrazine groups is 1. The Kier molecular flexibility index (Phi) is 4.12. The molecule has 0 aliphatic carbocycles. The first kappa shape index (κ1) is 12.5. The van der Waals surface area contributed by atoms with Crippen LogP contribution in [0.15, 0.2) is 12.1 Å². The van der Waals surface area contributed by atoms with Gasteiger partial charge in [0.25, 0.3) is 0 Å². The predicted molar refractivity (Wildman–Crippen MR) is 54.6 cm³/mol. The minimum atomic E-state index is -4.30. The van der Waals surface area contributed by atoms with Gasteiger partial charge in [0.05, 0.1) is 0 Å². The highest BCUT2D eigenvalue weighted by atomic mass is 32.1. The number of nitrogens with one attached hydrogen (secondary N) is 1. The van der Waals surface area contributed by atoms with Crippen molar-refractivity contribution in [2.24, 2.45) is 5.84 Å². The highest BCUT2D eigenvalue weighted by Crippen LogP contribution is 2.25. The first-order valence-corrected chi connectivity index (χ1v) is 5.39. The largest absolute Gasteiger partial charge is 0.405 e. The summed E-state index contributed by atoms with van der Waals surface area (Å²) in [4.78, 5) is 1.79. The van der Waals surface area contributed by atoms with Gasteiger partial charge in [-0.25, -0.2) is 5.43 Å². The van der Waals surface area contributed by atoms with Crippen LogP contribution in [-0.2, 0) is 12.8 Å². The minimum absolute atomic E-state index is 0.106. The Morgan fingerprint density at radius 1 is 1.40 bits per heavy atom. The highest BCUT2D eigenvalue weighted by Gasteiger charge is 2.38. The molecule has 1 atom stereocenters. The van der Waals surface area contributed by atoms with Crippen molar-refractivity contribution < 1.29 is 13.2 Å². The summed E-state index contributed by atoms with van der Waals surface area (Å²) < 4.78 is 37.1. The lowest BCUT2D eigenvalue weighted by Crippen LogP contribution is -2.47. The zero-order chi connectivity index (χ0) is 11.5. The predicted octanol–water partition coefficient (Wildman–Crippen LogP) is 2.25. The van der Waals surface area contributed by atoms with Gasteiger partial charge in [0.15, 0.2) is 0 Å². The molecule has 1 heterocycles. The molecule has 0 aliphatic heterocycles. The van der Waals surface area contributed by atoms with Crippen LogP contribution >= 0.6 is 11.3 Å². The molecule has 0 bridgehead atoms. The van der Waals surface area contributed by atoms with Gasteiger partial charge < -0.3 is 0 Å². The lowest BCUT2D eigenvalue weighted by atomic mass is 10.2. The fraction of sp³-hybridized carbons (Fsp3) is 0.556. The van der Waals surface area contributed by atoms with Gasteiger partial charge in [-0.3, -0.25) is 5.84 Å². The van der Waals surface area contributed by atoms with Crippen LogP contribution in [-0.4, -0.2) is 12.2 Å². The minimum Gasteiger partial charge on any atom is -0.271 e. The molecule has 1 unspecified atom stereocenters. The zero-order valence-electron chi connectivity index (χ0n) is 8.27. The van der Waals surface area contributed by atoms with Crippen LogP contribution in [0, 0.1) is 0 Å². The number of aryl methyl sites for hydroxylation is 1. The maximum absolute atomic E-state index is 12.4. The third kappa shape index (κ3) is 3.48. The van der Waals surface area contributed by atoms with Crippen LogP contribution in [0.4, 0.5) is 13.2 Å². The van der Waals surface area contributed by atoms with Gasteiger partial charge in [-0.2, -0.15) is 13.2 Å². The second kappa shape index (κ2) is 4.96. The molecule has 0 spiro atoms. The standard InChI is InChI=1S/C9H13F3N2S/c1-2-6-3-4-7(15-6)5-8(14-13)9(10,11)12/h3-4,8,14H,2,5,13H2,1H3.